The fourth-order valence-electron chi connectivity index (χ4n) is 1.66. The molecule has 100 valence electrons. The van der Waals surface area contributed by atoms with Crippen molar-refractivity contribution in [1.82, 2.24) is 5.32 Å². The number of carbonyl (C=O) groups excluding carboxylic acids is 1. The normalized spacial score (nSPS) is 15.8. The number of rotatable bonds is 6. The van der Waals surface area contributed by atoms with Crippen LogP contribution in [0.1, 0.15) is 25.5 Å². The molecule has 0 heterocycles. The summed E-state index contributed by atoms with van der Waals surface area (Å²) in [5, 5.41) is 13.1. The van der Waals surface area contributed by atoms with Crippen LogP contribution in [-0.2, 0) is 9.53 Å². The van der Waals surface area contributed by atoms with Crippen LogP contribution < -0.4 is 5.32 Å². The average molecular weight is 251 g/mol. The molecule has 4 heteroatoms. The summed E-state index contributed by atoms with van der Waals surface area (Å²) in [4.78, 5) is 11.3. The third kappa shape index (κ3) is 4.13. The molecule has 4 nitrogen and oxygen atoms in total. The van der Waals surface area contributed by atoms with Crippen LogP contribution in [0.5, 0.6) is 0 Å². The Balaban J connectivity index is 2.43. The summed E-state index contributed by atoms with van der Waals surface area (Å²) in [6, 6.07) is 9.39. The SMILES string of the molecule is COC(=O)C(C)C(C)NCC(O)c1ccccc1. The van der Waals surface area contributed by atoms with Crippen LogP contribution >= 0.6 is 0 Å². The van der Waals surface area contributed by atoms with Gasteiger partial charge in [-0.15, -0.1) is 0 Å². The van der Waals surface area contributed by atoms with E-state index in [0.717, 1.165) is 5.56 Å². The Hall–Kier alpha value is -1.39. The standard InChI is InChI=1S/C14H21NO3/c1-10(14(17)18-3)11(2)15-9-13(16)12-7-5-4-6-8-12/h4-8,10-11,13,15-16H,9H2,1-3H3. The summed E-state index contributed by atoms with van der Waals surface area (Å²) in [5.41, 5.74) is 0.864. The van der Waals surface area contributed by atoms with E-state index in [9.17, 15) is 9.90 Å². The molecule has 18 heavy (non-hydrogen) atoms. The van der Waals surface area contributed by atoms with Gasteiger partial charge in [-0.25, -0.2) is 0 Å². The van der Waals surface area contributed by atoms with Gasteiger partial charge in [-0.2, -0.15) is 0 Å². The minimum absolute atomic E-state index is 0.0455. The molecular formula is C14H21NO3. The van der Waals surface area contributed by atoms with E-state index in [1.807, 2.05) is 37.3 Å². The first-order chi connectivity index (χ1) is 8.56. The molecular weight excluding hydrogens is 230 g/mol. The van der Waals surface area contributed by atoms with Crippen LogP contribution in [0.4, 0.5) is 0 Å². The maximum atomic E-state index is 11.3. The minimum atomic E-state index is -0.571. The average Bonchev–Trinajstić information content (AvgIpc) is 2.43. The molecule has 0 spiro atoms. The molecule has 3 atom stereocenters. The van der Waals surface area contributed by atoms with Crippen LogP contribution in [0.25, 0.3) is 0 Å². The van der Waals surface area contributed by atoms with Gasteiger partial charge >= 0.3 is 5.97 Å². The summed E-state index contributed by atoms with van der Waals surface area (Å²) >= 11 is 0. The second-order valence-electron chi connectivity index (χ2n) is 4.44. The minimum Gasteiger partial charge on any atom is -0.469 e. The van der Waals surface area contributed by atoms with Gasteiger partial charge < -0.3 is 15.2 Å². The lowest BCUT2D eigenvalue weighted by Crippen LogP contribution is -2.38. The van der Waals surface area contributed by atoms with E-state index in [-0.39, 0.29) is 17.9 Å². The summed E-state index contributed by atoms with van der Waals surface area (Å²) in [5.74, 6) is -0.484. The molecule has 0 saturated carbocycles. The number of aliphatic hydroxyl groups is 1. The van der Waals surface area contributed by atoms with Crippen LogP contribution in [0.15, 0.2) is 30.3 Å². The zero-order valence-electron chi connectivity index (χ0n) is 11.1. The molecule has 0 aliphatic heterocycles. The van der Waals surface area contributed by atoms with Gasteiger partial charge in [0.15, 0.2) is 0 Å². The second-order valence-corrected chi connectivity index (χ2v) is 4.44. The van der Waals surface area contributed by atoms with Gasteiger partial charge in [0.25, 0.3) is 0 Å². The molecule has 1 aromatic carbocycles. The van der Waals surface area contributed by atoms with Crippen molar-refractivity contribution < 1.29 is 14.6 Å². The van der Waals surface area contributed by atoms with Crippen molar-refractivity contribution in [3.05, 3.63) is 35.9 Å². The largest absolute Gasteiger partial charge is 0.469 e. The molecule has 0 aliphatic rings. The van der Waals surface area contributed by atoms with Crippen molar-refractivity contribution in [2.24, 2.45) is 5.92 Å². The number of methoxy groups -OCH3 is 1. The Labute approximate surface area is 108 Å². The van der Waals surface area contributed by atoms with Crippen LogP contribution in [-0.4, -0.2) is 30.8 Å². The summed E-state index contributed by atoms with van der Waals surface area (Å²) in [7, 11) is 1.38. The number of hydrogen-bond donors (Lipinski definition) is 2. The lowest BCUT2D eigenvalue weighted by molar-refractivity contribution is -0.145. The Kier molecular flexibility index (Phi) is 5.82. The van der Waals surface area contributed by atoms with Crippen molar-refractivity contribution in [3.8, 4) is 0 Å². The summed E-state index contributed by atoms with van der Waals surface area (Å²) < 4.78 is 4.68. The lowest BCUT2D eigenvalue weighted by Gasteiger charge is -2.21. The van der Waals surface area contributed by atoms with E-state index < -0.39 is 6.10 Å². The van der Waals surface area contributed by atoms with Gasteiger partial charge in [-0.05, 0) is 12.5 Å². The predicted octanol–water partition coefficient (Wildman–Crippen LogP) is 1.51. The van der Waals surface area contributed by atoms with E-state index in [4.69, 9.17) is 0 Å². The number of benzene rings is 1. The molecule has 0 saturated heterocycles. The number of esters is 1. The van der Waals surface area contributed by atoms with Crippen molar-refractivity contribution in [1.29, 1.82) is 0 Å². The van der Waals surface area contributed by atoms with Gasteiger partial charge in [0.2, 0.25) is 0 Å². The fourth-order valence-corrected chi connectivity index (χ4v) is 1.66. The number of carbonyl (C=O) groups is 1. The Morgan fingerprint density at radius 2 is 1.94 bits per heavy atom. The van der Waals surface area contributed by atoms with Crippen LogP contribution in [0.2, 0.25) is 0 Å². The highest BCUT2D eigenvalue weighted by atomic mass is 16.5. The van der Waals surface area contributed by atoms with E-state index in [2.05, 4.69) is 10.1 Å². The first kappa shape index (κ1) is 14.7. The molecule has 0 amide bonds. The first-order valence-electron chi connectivity index (χ1n) is 6.10. The van der Waals surface area contributed by atoms with Crippen molar-refractivity contribution in [3.63, 3.8) is 0 Å². The molecule has 0 fully saturated rings. The van der Waals surface area contributed by atoms with Crippen LogP contribution in [0, 0.1) is 5.92 Å². The molecule has 0 aromatic heterocycles. The monoisotopic (exact) mass is 251 g/mol. The lowest BCUT2D eigenvalue weighted by atomic mass is 10.0. The molecule has 1 rings (SSSR count). The van der Waals surface area contributed by atoms with Crippen LogP contribution in [0.3, 0.4) is 0 Å². The Morgan fingerprint density at radius 1 is 1.33 bits per heavy atom. The zero-order valence-corrected chi connectivity index (χ0v) is 11.1. The molecule has 2 N–H and O–H groups in total. The second kappa shape index (κ2) is 7.13. The first-order valence-corrected chi connectivity index (χ1v) is 6.10. The third-order valence-electron chi connectivity index (χ3n) is 3.14. The summed E-state index contributed by atoms with van der Waals surface area (Å²) in [6.07, 6.45) is -0.571. The number of nitrogens with one attached hydrogen (secondary N) is 1. The van der Waals surface area contributed by atoms with E-state index >= 15 is 0 Å². The van der Waals surface area contributed by atoms with E-state index in [1.165, 1.54) is 7.11 Å². The molecule has 3 unspecified atom stereocenters. The molecule has 0 bridgehead atoms. The topological polar surface area (TPSA) is 58.6 Å². The number of ether oxygens (including phenoxy) is 1. The van der Waals surface area contributed by atoms with Crippen molar-refractivity contribution in [2.75, 3.05) is 13.7 Å². The Morgan fingerprint density at radius 3 is 2.50 bits per heavy atom. The highest BCUT2D eigenvalue weighted by molar-refractivity contribution is 5.72. The van der Waals surface area contributed by atoms with Gasteiger partial charge in [-0.1, -0.05) is 37.3 Å². The van der Waals surface area contributed by atoms with Gasteiger partial charge in [-0.3, -0.25) is 4.79 Å². The van der Waals surface area contributed by atoms with Gasteiger partial charge in [0, 0.05) is 12.6 Å². The van der Waals surface area contributed by atoms with Gasteiger partial charge in [0.05, 0.1) is 19.1 Å². The zero-order chi connectivity index (χ0) is 13.5. The highest BCUT2D eigenvalue weighted by Crippen LogP contribution is 2.12. The smallest absolute Gasteiger partial charge is 0.309 e. The van der Waals surface area contributed by atoms with Gasteiger partial charge in [0.1, 0.15) is 0 Å². The quantitative estimate of drug-likeness (QED) is 0.752. The predicted molar refractivity (Wildman–Crippen MR) is 70.0 cm³/mol. The highest BCUT2D eigenvalue weighted by Gasteiger charge is 2.21. The summed E-state index contributed by atoms with van der Waals surface area (Å²) in [6.45, 7) is 4.12. The van der Waals surface area contributed by atoms with Crippen molar-refractivity contribution >= 4 is 5.97 Å². The van der Waals surface area contributed by atoms with E-state index in [1.54, 1.807) is 6.92 Å². The molecule has 1 aromatic rings. The molecule has 0 radical (unpaired) electrons. The Bertz CT molecular complexity index is 367. The maximum Gasteiger partial charge on any atom is 0.309 e. The number of hydrogen-bond acceptors (Lipinski definition) is 4. The molecule has 0 aliphatic carbocycles. The number of aliphatic hydroxyl groups excluding tert-OH is 1. The van der Waals surface area contributed by atoms with Crippen molar-refractivity contribution in [2.45, 2.75) is 26.0 Å². The third-order valence-corrected chi connectivity index (χ3v) is 3.14. The fraction of sp³-hybridized carbons (Fsp3) is 0.500. The maximum absolute atomic E-state index is 11.3. The van der Waals surface area contributed by atoms with E-state index in [0.29, 0.717) is 6.54 Å².